The van der Waals surface area contributed by atoms with Crippen molar-refractivity contribution in [1.82, 2.24) is 0 Å². The summed E-state index contributed by atoms with van der Waals surface area (Å²) in [5.74, 6) is 0.0919. The molecule has 0 saturated carbocycles. The predicted octanol–water partition coefficient (Wildman–Crippen LogP) is 2.09. The maximum atomic E-state index is 5.27. The maximum absolute atomic E-state index is 5.27. The van der Waals surface area contributed by atoms with Crippen molar-refractivity contribution in [2.45, 2.75) is 24.0 Å². The highest BCUT2D eigenvalue weighted by atomic mass is 32.2. The van der Waals surface area contributed by atoms with Gasteiger partial charge in [0.05, 0.1) is 5.69 Å². The Labute approximate surface area is 88.6 Å². The van der Waals surface area contributed by atoms with Crippen molar-refractivity contribution in [1.29, 1.82) is 0 Å². The van der Waals surface area contributed by atoms with Crippen molar-refractivity contribution >= 4 is 23.4 Å². The van der Waals surface area contributed by atoms with Crippen LogP contribution in [-0.2, 0) is 0 Å². The molecule has 0 heterocycles. The molecule has 4 heteroatoms. The zero-order valence-electron chi connectivity index (χ0n) is 8.40. The van der Waals surface area contributed by atoms with Crippen molar-refractivity contribution in [3.63, 3.8) is 0 Å². The second-order valence-electron chi connectivity index (χ2n) is 3.20. The Hall–Kier alpha value is -1.16. The second-order valence-corrected chi connectivity index (χ2v) is 4.85. The second kappa shape index (κ2) is 4.91. The van der Waals surface area contributed by atoms with Crippen molar-refractivity contribution in [2.75, 3.05) is 0 Å². The quantitative estimate of drug-likeness (QED) is 0.455. The minimum absolute atomic E-state index is 0.0919. The summed E-state index contributed by atoms with van der Waals surface area (Å²) in [6.07, 6.45) is 0. The molecule has 0 saturated heterocycles. The van der Waals surface area contributed by atoms with Crippen LogP contribution in [0.2, 0.25) is 0 Å². The number of nitrogens with zero attached hydrogens (tertiary/aromatic N) is 1. The minimum atomic E-state index is 0.0919. The number of guanidine groups is 1. The van der Waals surface area contributed by atoms with Crippen LogP contribution < -0.4 is 11.5 Å². The van der Waals surface area contributed by atoms with E-state index in [2.05, 4.69) is 18.8 Å². The molecule has 0 atom stereocenters. The van der Waals surface area contributed by atoms with Gasteiger partial charge in [-0.2, -0.15) is 0 Å². The lowest BCUT2D eigenvalue weighted by molar-refractivity contribution is 1.11. The monoisotopic (exact) mass is 209 g/mol. The van der Waals surface area contributed by atoms with E-state index in [1.54, 1.807) is 0 Å². The smallest absolute Gasteiger partial charge is 0.191 e. The SMILES string of the molecule is CC(C)Sc1ccc(N=C(N)N)cc1. The molecule has 4 N–H and O–H groups in total. The summed E-state index contributed by atoms with van der Waals surface area (Å²) in [7, 11) is 0. The van der Waals surface area contributed by atoms with Gasteiger partial charge >= 0.3 is 0 Å². The third kappa shape index (κ3) is 3.70. The fourth-order valence-electron chi connectivity index (χ4n) is 1.02. The first-order chi connectivity index (χ1) is 6.58. The summed E-state index contributed by atoms with van der Waals surface area (Å²) in [4.78, 5) is 5.17. The zero-order chi connectivity index (χ0) is 10.6. The number of rotatable bonds is 3. The first-order valence-electron chi connectivity index (χ1n) is 4.44. The van der Waals surface area contributed by atoms with Crippen molar-refractivity contribution in [2.24, 2.45) is 16.5 Å². The maximum Gasteiger partial charge on any atom is 0.191 e. The number of aliphatic imine (C=N–C) groups is 1. The zero-order valence-corrected chi connectivity index (χ0v) is 9.21. The molecular formula is C10H15N3S. The Balaban J connectivity index is 2.74. The summed E-state index contributed by atoms with van der Waals surface area (Å²) < 4.78 is 0. The Morgan fingerprint density at radius 2 is 1.79 bits per heavy atom. The van der Waals surface area contributed by atoms with E-state index in [0.717, 1.165) is 5.69 Å². The third-order valence-corrected chi connectivity index (χ3v) is 2.48. The predicted molar refractivity (Wildman–Crippen MR) is 62.9 cm³/mol. The van der Waals surface area contributed by atoms with Gasteiger partial charge in [0.1, 0.15) is 0 Å². The molecule has 0 fully saturated rings. The first kappa shape index (κ1) is 10.9. The van der Waals surface area contributed by atoms with E-state index in [1.807, 2.05) is 36.0 Å². The van der Waals surface area contributed by atoms with Gasteiger partial charge in [-0.25, -0.2) is 4.99 Å². The topological polar surface area (TPSA) is 64.4 Å². The molecule has 0 aromatic heterocycles. The van der Waals surface area contributed by atoms with Gasteiger partial charge in [0.15, 0.2) is 5.96 Å². The lowest BCUT2D eigenvalue weighted by Crippen LogP contribution is -2.21. The van der Waals surface area contributed by atoms with Crippen LogP contribution in [0.1, 0.15) is 13.8 Å². The van der Waals surface area contributed by atoms with Crippen LogP contribution in [0.5, 0.6) is 0 Å². The molecule has 3 nitrogen and oxygen atoms in total. The van der Waals surface area contributed by atoms with Gasteiger partial charge in [0, 0.05) is 10.1 Å². The molecule has 0 bridgehead atoms. The molecular weight excluding hydrogens is 194 g/mol. The van der Waals surface area contributed by atoms with Gasteiger partial charge < -0.3 is 11.5 Å². The normalized spacial score (nSPS) is 10.2. The molecule has 0 aliphatic carbocycles. The number of benzene rings is 1. The fourth-order valence-corrected chi connectivity index (χ4v) is 1.86. The summed E-state index contributed by atoms with van der Waals surface area (Å²) in [6.45, 7) is 4.32. The highest BCUT2D eigenvalue weighted by molar-refractivity contribution is 7.99. The van der Waals surface area contributed by atoms with Gasteiger partial charge in [-0.1, -0.05) is 13.8 Å². The number of hydrogen-bond acceptors (Lipinski definition) is 2. The Bertz CT molecular complexity index is 313. The number of nitrogens with two attached hydrogens (primary N) is 2. The third-order valence-electron chi connectivity index (χ3n) is 1.47. The number of hydrogen-bond donors (Lipinski definition) is 2. The van der Waals surface area contributed by atoms with Crippen molar-refractivity contribution in [3.8, 4) is 0 Å². The Kier molecular flexibility index (Phi) is 3.83. The molecule has 0 amide bonds. The van der Waals surface area contributed by atoms with Crippen LogP contribution >= 0.6 is 11.8 Å². The van der Waals surface area contributed by atoms with E-state index in [1.165, 1.54) is 4.90 Å². The molecule has 1 rings (SSSR count). The Morgan fingerprint density at radius 3 is 2.21 bits per heavy atom. The molecule has 0 radical (unpaired) electrons. The lowest BCUT2D eigenvalue weighted by atomic mass is 10.3. The van der Waals surface area contributed by atoms with Gasteiger partial charge in [-0.15, -0.1) is 11.8 Å². The molecule has 14 heavy (non-hydrogen) atoms. The van der Waals surface area contributed by atoms with Crippen LogP contribution in [0.4, 0.5) is 5.69 Å². The summed E-state index contributed by atoms with van der Waals surface area (Å²) >= 11 is 1.82. The fraction of sp³-hybridized carbons (Fsp3) is 0.300. The van der Waals surface area contributed by atoms with Gasteiger partial charge in [0.2, 0.25) is 0 Å². The average molecular weight is 209 g/mol. The summed E-state index contributed by atoms with van der Waals surface area (Å²) in [5.41, 5.74) is 11.3. The van der Waals surface area contributed by atoms with E-state index in [-0.39, 0.29) is 5.96 Å². The molecule has 1 aromatic rings. The molecule has 0 aliphatic rings. The van der Waals surface area contributed by atoms with Crippen molar-refractivity contribution in [3.05, 3.63) is 24.3 Å². The molecule has 0 unspecified atom stereocenters. The van der Waals surface area contributed by atoms with E-state index in [4.69, 9.17) is 11.5 Å². The molecule has 0 aliphatic heterocycles. The first-order valence-corrected chi connectivity index (χ1v) is 5.32. The molecule has 76 valence electrons. The van der Waals surface area contributed by atoms with Crippen LogP contribution in [0.15, 0.2) is 34.2 Å². The van der Waals surface area contributed by atoms with Gasteiger partial charge in [0.25, 0.3) is 0 Å². The molecule has 1 aromatic carbocycles. The standard InChI is InChI=1S/C10H15N3S/c1-7(2)14-9-5-3-8(4-6-9)13-10(11)12/h3-7H,1-2H3,(H4,11,12,13). The van der Waals surface area contributed by atoms with E-state index < -0.39 is 0 Å². The van der Waals surface area contributed by atoms with Crippen molar-refractivity contribution < 1.29 is 0 Å². The highest BCUT2D eigenvalue weighted by Gasteiger charge is 1.97. The van der Waals surface area contributed by atoms with E-state index in [0.29, 0.717) is 5.25 Å². The van der Waals surface area contributed by atoms with Crippen LogP contribution in [0.25, 0.3) is 0 Å². The van der Waals surface area contributed by atoms with Gasteiger partial charge in [-0.3, -0.25) is 0 Å². The number of thioether (sulfide) groups is 1. The van der Waals surface area contributed by atoms with Crippen LogP contribution in [0, 0.1) is 0 Å². The summed E-state index contributed by atoms with van der Waals surface area (Å²) in [5, 5.41) is 0.587. The van der Waals surface area contributed by atoms with Crippen LogP contribution in [0.3, 0.4) is 0 Å². The lowest BCUT2D eigenvalue weighted by Gasteiger charge is -2.04. The summed E-state index contributed by atoms with van der Waals surface area (Å²) in [6, 6.07) is 7.85. The Morgan fingerprint density at radius 1 is 1.21 bits per heavy atom. The van der Waals surface area contributed by atoms with E-state index in [9.17, 15) is 0 Å². The molecule has 0 spiro atoms. The van der Waals surface area contributed by atoms with E-state index >= 15 is 0 Å². The minimum Gasteiger partial charge on any atom is -0.370 e. The van der Waals surface area contributed by atoms with Crippen LogP contribution in [-0.4, -0.2) is 11.2 Å². The van der Waals surface area contributed by atoms with Gasteiger partial charge in [-0.05, 0) is 24.3 Å². The largest absolute Gasteiger partial charge is 0.370 e. The highest BCUT2D eigenvalue weighted by Crippen LogP contribution is 2.24. The average Bonchev–Trinajstić information content (AvgIpc) is 2.06.